The molecular weight excluding hydrogens is 320 g/mol. The van der Waals surface area contributed by atoms with E-state index in [9.17, 15) is 25.2 Å². The molecule has 0 aromatic rings. The van der Waals surface area contributed by atoms with Crippen molar-refractivity contribution in [2.24, 2.45) is 28.6 Å². The summed E-state index contributed by atoms with van der Waals surface area (Å²) in [7, 11) is 0. The summed E-state index contributed by atoms with van der Waals surface area (Å²) in [5.41, 5.74) is -3.71. The van der Waals surface area contributed by atoms with Crippen molar-refractivity contribution in [3.05, 3.63) is 0 Å². The minimum absolute atomic E-state index is 0.00559. The topological polar surface area (TPSA) is 98.0 Å². The van der Waals surface area contributed by atoms with Gasteiger partial charge < -0.3 is 20.4 Å². The molecule has 5 heteroatoms. The van der Waals surface area contributed by atoms with Gasteiger partial charge in [0.15, 0.2) is 0 Å². The summed E-state index contributed by atoms with van der Waals surface area (Å²) in [4.78, 5) is 12.0. The Morgan fingerprint density at radius 2 is 1.60 bits per heavy atom. The number of carboxylic acid groups (broad SMARTS) is 1. The lowest BCUT2D eigenvalue weighted by atomic mass is 9.41. The van der Waals surface area contributed by atoms with Gasteiger partial charge in [-0.05, 0) is 68.6 Å². The zero-order valence-electron chi connectivity index (χ0n) is 16.0. The van der Waals surface area contributed by atoms with Crippen LogP contribution in [-0.4, -0.2) is 43.7 Å². The van der Waals surface area contributed by atoms with Gasteiger partial charge >= 0.3 is 5.97 Å². The van der Waals surface area contributed by atoms with E-state index in [1.54, 1.807) is 0 Å². The summed E-state index contributed by atoms with van der Waals surface area (Å²) in [6.45, 7) is 7.72. The zero-order chi connectivity index (χ0) is 18.8. The summed E-state index contributed by atoms with van der Waals surface area (Å²) in [6.07, 6.45) is 3.21. The SMILES string of the molecule is CC(C)C1(O)CCC2C3(C)CCCC(C)(C(=O)O)C3CCC2(O)C1O. The number of fused-ring (bicyclic) bond motifs is 3. The second-order valence-electron chi connectivity index (χ2n) is 9.80. The average Bonchev–Trinajstić information content (AvgIpc) is 2.51. The number of rotatable bonds is 2. The number of aliphatic hydroxyl groups is 3. The van der Waals surface area contributed by atoms with Crippen molar-refractivity contribution in [2.45, 2.75) is 89.9 Å². The Morgan fingerprint density at radius 3 is 2.16 bits per heavy atom. The Bertz CT molecular complexity index is 562. The van der Waals surface area contributed by atoms with Crippen LogP contribution in [0.3, 0.4) is 0 Å². The molecule has 3 saturated carbocycles. The lowest BCUT2D eigenvalue weighted by Crippen LogP contribution is -2.71. The maximum absolute atomic E-state index is 12.0. The van der Waals surface area contributed by atoms with Crippen LogP contribution in [0, 0.1) is 28.6 Å². The lowest BCUT2D eigenvalue weighted by Gasteiger charge is -2.65. The summed E-state index contributed by atoms with van der Waals surface area (Å²) < 4.78 is 0. The highest BCUT2D eigenvalue weighted by atomic mass is 16.4. The number of aliphatic carboxylic acids is 1. The van der Waals surface area contributed by atoms with Crippen LogP contribution in [0.5, 0.6) is 0 Å². The first kappa shape index (κ1) is 19.1. The van der Waals surface area contributed by atoms with Gasteiger partial charge in [0.05, 0.1) is 16.6 Å². The Kier molecular flexibility index (Phi) is 4.34. The first-order chi connectivity index (χ1) is 11.4. The van der Waals surface area contributed by atoms with Crippen LogP contribution in [0.4, 0.5) is 0 Å². The third kappa shape index (κ3) is 2.35. The third-order valence-corrected chi connectivity index (χ3v) is 8.48. The molecule has 3 aliphatic rings. The standard InChI is InChI=1S/C20H34O5/c1-12(2)19(24)10-7-14-17(3)8-5-9-18(4,16(22)23)13(17)6-11-20(14,25)15(19)21/h12-15,21,24-25H,5-11H2,1-4H3,(H,22,23). The summed E-state index contributed by atoms with van der Waals surface area (Å²) in [6, 6.07) is 0. The van der Waals surface area contributed by atoms with E-state index < -0.39 is 28.7 Å². The van der Waals surface area contributed by atoms with E-state index in [4.69, 9.17) is 0 Å². The molecule has 0 amide bonds. The lowest BCUT2D eigenvalue weighted by molar-refractivity contribution is -0.284. The van der Waals surface area contributed by atoms with Gasteiger partial charge in [-0.2, -0.15) is 0 Å². The van der Waals surface area contributed by atoms with Crippen molar-refractivity contribution in [3.63, 3.8) is 0 Å². The molecule has 0 aromatic heterocycles. The number of hydrogen-bond donors (Lipinski definition) is 4. The molecule has 3 aliphatic carbocycles. The van der Waals surface area contributed by atoms with Crippen molar-refractivity contribution in [1.82, 2.24) is 0 Å². The molecule has 0 aliphatic heterocycles. The second-order valence-corrected chi connectivity index (χ2v) is 9.80. The molecule has 7 atom stereocenters. The monoisotopic (exact) mass is 354 g/mol. The van der Waals surface area contributed by atoms with Crippen LogP contribution in [-0.2, 0) is 4.79 Å². The van der Waals surface area contributed by atoms with Gasteiger partial charge in [0.2, 0.25) is 0 Å². The molecule has 0 heterocycles. The molecule has 0 bridgehead atoms. The van der Waals surface area contributed by atoms with E-state index in [1.807, 2.05) is 20.8 Å². The van der Waals surface area contributed by atoms with Gasteiger partial charge in [-0.1, -0.05) is 27.2 Å². The Labute approximate surface area is 150 Å². The largest absolute Gasteiger partial charge is 0.481 e. The number of carboxylic acids is 1. The van der Waals surface area contributed by atoms with E-state index in [-0.39, 0.29) is 23.2 Å². The van der Waals surface area contributed by atoms with E-state index in [0.29, 0.717) is 32.1 Å². The van der Waals surface area contributed by atoms with Gasteiger partial charge in [-0.15, -0.1) is 0 Å². The maximum atomic E-state index is 12.0. The molecule has 0 aromatic carbocycles. The third-order valence-electron chi connectivity index (χ3n) is 8.48. The summed E-state index contributed by atoms with van der Waals surface area (Å²) in [5, 5.41) is 43.3. The summed E-state index contributed by atoms with van der Waals surface area (Å²) in [5.74, 6) is -1.07. The molecule has 144 valence electrons. The molecule has 3 fully saturated rings. The van der Waals surface area contributed by atoms with Gasteiger partial charge in [-0.3, -0.25) is 4.79 Å². The van der Waals surface area contributed by atoms with Crippen LogP contribution >= 0.6 is 0 Å². The number of aliphatic hydroxyl groups excluding tert-OH is 1. The molecule has 0 spiro atoms. The van der Waals surface area contributed by atoms with E-state index in [1.165, 1.54) is 0 Å². The minimum atomic E-state index is -1.33. The minimum Gasteiger partial charge on any atom is -0.481 e. The van der Waals surface area contributed by atoms with Gasteiger partial charge in [0.25, 0.3) is 0 Å². The molecule has 0 radical (unpaired) electrons. The van der Waals surface area contributed by atoms with Crippen LogP contribution in [0.1, 0.15) is 72.6 Å². The maximum Gasteiger partial charge on any atom is 0.309 e. The highest BCUT2D eigenvalue weighted by molar-refractivity contribution is 5.75. The van der Waals surface area contributed by atoms with E-state index in [0.717, 1.165) is 12.8 Å². The van der Waals surface area contributed by atoms with Crippen LogP contribution < -0.4 is 0 Å². The zero-order valence-corrected chi connectivity index (χ0v) is 16.0. The van der Waals surface area contributed by atoms with Crippen molar-refractivity contribution >= 4 is 5.97 Å². The van der Waals surface area contributed by atoms with Gasteiger partial charge in [0.1, 0.15) is 6.10 Å². The second kappa shape index (κ2) is 5.67. The molecule has 7 unspecified atom stereocenters. The van der Waals surface area contributed by atoms with E-state index in [2.05, 4.69) is 6.92 Å². The number of hydrogen-bond acceptors (Lipinski definition) is 4. The average molecular weight is 354 g/mol. The van der Waals surface area contributed by atoms with Gasteiger partial charge in [0, 0.05) is 0 Å². The normalized spacial score (nSPS) is 53.2. The first-order valence-electron chi connectivity index (χ1n) is 9.79. The fraction of sp³-hybridized carbons (Fsp3) is 0.950. The number of carbonyl (C=O) groups is 1. The quantitative estimate of drug-likeness (QED) is 0.611. The fourth-order valence-corrected chi connectivity index (χ4v) is 6.81. The van der Waals surface area contributed by atoms with Crippen LogP contribution in [0.15, 0.2) is 0 Å². The molecule has 4 N–H and O–H groups in total. The molecule has 0 saturated heterocycles. The first-order valence-corrected chi connectivity index (χ1v) is 9.79. The van der Waals surface area contributed by atoms with Crippen LogP contribution in [0.2, 0.25) is 0 Å². The Morgan fingerprint density at radius 1 is 1.00 bits per heavy atom. The smallest absolute Gasteiger partial charge is 0.309 e. The molecule has 3 rings (SSSR count). The molecule has 5 nitrogen and oxygen atoms in total. The van der Waals surface area contributed by atoms with Crippen molar-refractivity contribution in [2.75, 3.05) is 0 Å². The highest BCUT2D eigenvalue weighted by Crippen LogP contribution is 2.66. The Hall–Kier alpha value is -0.650. The highest BCUT2D eigenvalue weighted by Gasteiger charge is 2.68. The predicted molar refractivity (Wildman–Crippen MR) is 93.9 cm³/mol. The fourth-order valence-electron chi connectivity index (χ4n) is 6.81. The molecular formula is C20H34O5. The van der Waals surface area contributed by atoms with Crippen molar-refractivity contribution < 1.29 is 25.2 Å². The van der Waals surface area contributed by atoms with Crippen molar-refractivity contribution in [3.8, 4) is 0 Å². The van der Waals surface area contributed by atoms with E-state index >= 15 is 0 Å². The summed E-state index contributed by atoms with van der Waals surface area (Å²) >= 11 is 0. The Balaban J connectivity index is 2.01. The molecule has 25 heavy (non-hydrogen) atoms. The predicted octanol–water partition coefficient (Wildman–Crippen LogP) is 2.57. The van der Waals surface area contributed by atoms with Gasteiger partial charge in [-0.25, -0.2) is 0 Å². The van der Waals surface area contributed by atoms with Crippen molar-refractivity contribution in [1.29, 1.82) is 0 Å². The van der Waals surface area contributed by atoms with Crippen LogP contribution in [0.25, 0.3) is 0 Å².